The number of nitrogens with one attached hydrogen (secondary N) is 1. The first-order valence-corrected chi connectivity index (χ1v) is 4.95. The molecule has 1 aliphatic heterocycles. The van der Waals surface area contributed by atoms with E-state index in [0.29, 0.717) is 0 Å². The largest absolute Gasteiger partial charge is 0.356 e. The normalized spacial score (nSPS) is 25.2. The molecular formula is C10H19NO. The van der Waals surface area contributed by atoms with Crippen molar-refractivity contribution in [2.45, 2.75) is 39.5 Å². The van der Waals surface area contributed by atoms with Gasteiger partial charge >= 0.3 is 0 Å². The molecule has 2 nitrogen and oxygen atoms in total. The summed E-state index contributed by atoms with van der Waals surface area (Å²) in [5.74, 6) is 1.71. The van der Waals surface area contributed by atoms with E-state index in [0.717, 1.165) is 31.2 Å². The molecule has 2 heteroatoms. The van der Waals surface area contributed by atoms with Gasteiger partial charge in [0, 0.05) is 13.0 Å². The number of carbonyl (C=O) groups excluding carboxylic acids is 1. The fraction of sp³-hybridized carbons (Fsp3) is 0.900. The molecule has 1 fully saturated rings. The molecule has 12 heavy (non-hydrogen) atoms. The van der Waals surface area contributed by atoms with Gasteiger partial charge in [0.05, 0.1) is 0 Å². The van der Waals surface area contributed by atoms with Crippen molar-refractivity contribution in [3.8, 4) is 0 Å². The summed E-state index contributed by atoms with van der Waals surface area (Å²) >= 11 is 0. The van der Waals surface area contributed by atoms with Crippen LogP contribution >= 0.6 is 0 Å². The van der Waals surface area contributed by atoms with Gasteiger partial charge in [0.1, 0.15) is 0 Å². The molecule has 1 saturated heterocycles. The first kappa shape index (κ1) is 9.56. The minimum atomic E-state index is 0.237. The van der Waals surface area contributed by atoms with Gasteiger partial charge in [0.2, 0.25) is 5.91 Å². The second kappa shape index (κ2) is 4.48. The average molecular weight is 169 g/mol. The van der Waals surface area contributed by atoms with Gasteiger partial charge in [-0.05, 0) is 31.1 Å². The summed E-state index contributed by atoms with van der Waals surface area (Å²) in [6.45, 7) is 5.39. The highest BCUT2D eigenvalue weighted by Gasteiger charge is 2.16. The van der Waals surface area contributed by atoms with E-state index in [4.69, 9.17) is 0 Å². The molecule has 1 rings (SSSR count). The van der Waals surface area contributed by atoms with Crippen LogP contribution in [0.4, 0.5) is 0 Å². The summed E-state index contributed by atoms with van der Waals surface area (Å²) in [6, 6.07) is 0. The van der Waals surface area contributed by atoms with Gasteiger partial charge in [0.25, 0.3) is 0 Å². The van der Waals surface area contributed by atoms with Crippen molar-refractivity contribution in [2.24, 2.45) is 11.8 Å². The number of rotatable bonds is 2. The van der Waals surface area contributed by atoms with Crippen LogP contribution in [0.3, 0.4) is 0 Å². The number of hydrogen-bond donors (Lipinski definition) is 1. The fourth-order valence-electron chi connectivity index (χ4n) is 1.87. The van der Waals surface area contributed by atoms with Crippen molar-refractivity contribution >= 4 is 5.91 Å². The van der Waals surface area contributed by atoms with Crippen LogP contribution in [-0.2, 0) is 4.79 Å². The van der Waals surface area contributed by atoms with Crippen LogP contribution in [0.25, 0.3) is 0 Å². The molecular weight excluding hydrogens is 150 g/mol. The minimum Gasteiger partial charge on any atom is -0.356 e. The molecule has 0 saturated carbocycles. The highest BCUT2D eigenvalue weighted by Crippen LogP contribution is 2.19. The minimum absolute atomic E-state index is 0.237. The van der Waals surface area contributed by atoms with Gasteiger partial charge in [-0.15, -0.1) is 0 Å². The lowest BCUT2D eigenvalue weighted by Gasteiger charge is -2.15. The predicted molar refractivity (Wildman–Crippen MR) is 49.8 cm³/mol. The van der Waals surface area contributed by atoms with Crippen LogP contribution in [0.15, 0.2) is 0 Å². The molecule has 70 valence electrons. The molecule has 0 aromatic rings. The third kappa shape index (κ3) is 3.24. The summed E-state index contributed by atoms with van der Waals surface area (Å²) in [6.07, 6.45) is 4.27. The van der Waals surface area contributed by atoms with Gasteiger partial charge in [-0.1, -0.05) is 13.8 Å². The maximum atomic E-state index is 11.0. The first-order chi connectivity index (χ1) is 5.68. The highest BCUT2D eigenvalue weighted by molar-refractivity contribution is 5.76. The Balaban J connectivity index is 2.30. The zero-order valence-electron chi connectivity index (χ0n) is 8.10. The maximum absolute atomic E-state index is 11.0. The Morgan fingerprint density at radius 1 is 1.58 bits per heavy atom. The van der Waals surface area contributed by atoms with Crippen LogP contribution in [0.1, 0.15) is 39.5 Å². The van der Waals surface area contributed by atoms with Crippen LogP contribution < -0.4 is 5.32 Å². The van der Waals surface area contributed by atoms with E-state index in [-0.39, 0.29) is 5.91 Å². The topological polar surface area (TPSA) is 29.1 Å². The fourth-order valence-corrected chi connectivity index (χ4v) is 1.87. The van der Waals surface area contributed by atoms with E-state index < -0.39 is 0 Å². The molecule has 0 spiro atoms. The Labute approximate surface area is 74.7 Å². The summed E-state index contributed by atoms with van der Waals surface area (Å²) in [5, 5.41) is 2.96. The van der Waals surface area contributed by atoms with Gasteiger partial charge in [-0.25, -0.2) is 0 Å². The molecule has 1 aliphatic rings. The maximum Gasteiger partial charge on any atom is 0.220 e. The number of hydrogen-bond acceptors (Lipinski definition) is 1. The molecule has 0 bridgehead atoms. The standard InChI is InChI=1S/C10H19NO/c1-8(2)6-9-4-3-5-10(12)11-7-9/h8-9H,3-7H2,1-2H3,(H,11,12). The molecule has 1 amide bonds. The molecule has 0 aromatic heterocycles. The van der Waals surface area contributed by atoms with E-state index in [9.17, 15) is 4.79 Å². The second-order valence-corrected chi connectivity index (χ2v) is 4.19. The van der Waals surface area contributed by atoms with Crippen molar-refractivity contribution in [1.29, 1.82) is 0 Å². The van der Waals surface area contributed by atoms with Gasteiger partial charge in [-0.2, -0.15) is 0 Å². The van der Waals surface area contributed by atoms with Crippen molar-refractivity contribution in [3.63, 3.8) is 0 Å². The molecule has 1 unspecified atom stereocenters. The number of amides is 1. The molecule has 0 radical (unpaired) electrons. The lowest BCUT2D eigenvalue weighted by molar-refractivity contribution is -0.120. The van der Waals surface area contributed by atoms with Crippen molar-refractivity contribution in [3.05, 3.63) is 0 Å². The van der Waals surface area contributed by atoms with Crippen molar-refractivity contribution in [2.75, 3.05) is 6.54 Å². The molecule has 0 aromatic carbocycles. The zero-order valence-corrected chi connectivity index (χ0v) is 8.10. The van der Waals surface area contributed by atoms with Crippen molar-refractivity contribution in [1.82, 2.24) is 5.32 Å². The average Bonchev–Trinajstić information content (AvgIpc) is 2.15. The Bertz CT molecular complexity index is 154. The van der Waals surface area contributed by atoms with Crippen LogP contribution in [0.2, 0.25) is 0 Å². The Morgan fingerprint density at radius 3 is 3.00 bits per heavy atom. The third-order valence-corrected chi connectivity index (χ3v) is 2.41. The predicted octanol–water partition coefficient (Wildman–Crippen LogP) is 1.95. The quantitative estimate of drug-likeness (QED) is 0.672. The van der Waals surface area contributed by atoms with Gasteiger partial charge in [-0.3, -0.25) is 4.79 Å². The Morgan fingerprint density at radius 2 is 2.33 bits per heavy atom. The van der Waals surface area contributed by atoms with E-state index in [1.54, 1.807) is 0 Å². The lowest BCUT2D eigenvalue weighted by atomic mass is 9.93. The Hall–Kier alpha value is -0.530. The SMILES string of the molecule is CC(C)CC1CCCC(=O)NC1. The van der Waals surface area contributed by atoms with Crippen LogP contribution in [-0.4, -0.2) is 12.5 Å². The van der Waals surface area contributed by atoms with Gasteiger partial charge in [0.15, 0.2) is 0 Å². The monoisotopic (exact) mass is 169 g/mol. The molecule has 0 aliphatic carbocycles. The molecule has 1 atom stereocenters. The summed E-state index contributed by atoms with van der Waals surface area (Å²) < 4.78 is 0. The van der Waals surface area contributed by atoms with E-state index in [1.807, 2.05) is 0 Å². The smallest absolute Gasteiger partial charge is 0.220 e. The van der Waals surface area contributed by atoms with E-state index >= 15 is 0 Å². The molecule has 1 heterocycles. The summed E-state index contributed by atoms with van der Waals surface area (Å²) in [7, 11) is 0. The summed E-state index contributed by atoms with van der Waals surface area (Å²) in [5.41, 5.74) is 0. The van der Waals surface area contributed by atoms with E-state index in [2.05, 4.69) is 19.2 Å². The lowest BCUT2D eigenvalue weighted by Crippen LogP contribution is -2.26. The second-order valence-electron chi connectivity index (χ2n) is 4.19. The van der Waals surface area contributed by atoms with Crippen molar-refractivity contribution < 1.29 is 4.79 Å². The zero-order chi connectivity index (χ0) is 8.97. The first-order valence-electron chi connectivity index (χ1n) is 4.95. The molecule has 1 N–H and O–H groups in total. The Kier molecular flexibility index (Phi) is 3.57. The highest BCUT2D eigenvalue weighted by atomic mass is 16.1. The summed E-state index contributed by atoms with van der Waals surface area (Å²) in [4.78, 5) is 11.0. The number of carbonyl (C=O) groups is 1. The third-order valence-electron chi connectivity index (χ3n) is 2.41. The van der Waals surface area contributed by atoms with Crippen LogP contribution in [0.5, 0.6) is 0 Å². The van der Waals surface area contributed by atoms with Crippen LogP contribution in [0, 0.1) is 11.8 Å². The van der Waals surface area contributed by atoms with E-state index in [1.165, 1.54) is 12.8 Å². The van der Waals surface area contributed by atoms with Gasteiger partial charge < -0.3 is 5.32 Å².